The molecule has 5 heteroatoms. The van der Waals surface area contributed by atoms with Gasteiger partial charge in [-0.25, -0.2) is 0 Å². The van der Waals surface area contributed by atoms with Gasteiger partial charge in [-0.05, 0) is 73.8 Å². The minimum absolute atomic E-state index is 0.0825. The second-order valence-electron chi connectivity index (χ2n) is 8.02. The van der Waals surface area contributed by atoms with E-state index in [4.69, 9.17) is 25.4 Å². The van der Waals surface area contributed by atoms with E-state index in [0.29, 0.717) is 24.1 Å². The third-order valence-corrected chi connectivity index (χ3v) is 5.80. The maximum Gasteiger partial charge on any atom is 0.231 e. The summed E-state index contributed by atoms with van der Waals surface area (Å²) >= 11 is 0. The second-order valence-corrected chi connectivity index (χ2v) is 8.02. The Morgan fingerprint density at radius 1 is 0.818 bits per heavy atom. The van der Waals surface area contributed by atoms with E-state index in [-0.39, 0.29) is 13.6 Å². The van der Waals surface area contributed by atoms with Crippen molar-refractivity contribution in [2.45, 2.75) is 25.3 Å². The van der Waals surface area contributed by atoms with E-state index in [9.17, 15) is 0 Å². The van der Waals surface area contributed by atoms with E-state index in [2.05, 4.69) is 30.0 Å². The van der Waals surface area contributed by atoms with Crippen molar-refractivity contribution in [1.29, 1.82) is 0 Å². The topological polar surface area (TPSA) is 40.2 Å². The zero-order chi connectivity index (χ0) is 22.9. The third kappa shape index (κ3) is 6.21. The number of para-hydroxylation sites is 2. The van der Waals surface area contributed by atoms with Crippen molar-refractivity contribution >= 4 is 0 Å². The molecule has 0 bridgehead atoms. The largest absolute Gasteiger partial charge is 0.457 e. The smallest absolute Gasteiger partial charge is 0.231 e. The van der Waals surface area contributed by atoms with Crippen LogP contribution in [0.1, 0.15) is 17.5 Å². The molecule has 0 aromatic heterocycles. The van der Waals surface area contributed by atoms with E-state index in [1.54, 1.807) is 0 Å². The molecule has 1 atom stereocenters. The summed E-state index contributed by atoms with van der Waals surface area (Å²) in [6, 6.07) is 23.7. The average molecular weight is 444 g/mol. The summed E-state index contributed by atoms with van der Waals surface area (Å²) in [4.78, 5) is 2.24. The Bertz CT molecular complexity index is 1060. The first-order valence-electron chi connectivity index (χ1n) is 11.1. The van der Waals surface area contributed by atoms with Gasteiger partial charge in [-0.1, -0.05) is 42.3 Å². The number of aryl methyl sites for hydroxylation is 1. The predicted octanol–water partition coefficient (Wildman–Crippen LogP) is 4.94. The first kappa shape index (κ1) is 22.6. The molecule has 1 aliphatic carbocycles. The molecule has 0 aliphatic heterocycles. The first-order valence-corrected chi connectivity index (χ1v) is 11.1. The van der Waals surface area contributed by atoms with Gasteiger partial charge in [0.1, 0.15) is 11.5 Å². The van der Waals surface area contributed by atoms with Gasteiger partial charge in [0.2, 0.25) is 13.6 Å². The lowest BCUT2D eigenvalue weighted by molar-refractivity contribution is 0.0942. The fourth-order valence-electron chi connectivity index (χ4n) is 3.98. The summed E-state index contributed by atoms with van der Waals surface area (Å²) in [5.41, 5.74) is 2.52. The van der Waals surface area contributed by atoms with E-state index in [0.717, 1.165) is 30.8 Å². The van der Waals surface area contributed by atoms with Gasteiger partial charge in [-0.3, -0.25) is 4.90 Å². The Kier molecular flexibility index (Phi) is 7.73. The zero-order valence-corrected chi connectivity index (χ0v) is 18.9. The normalized spacial score (nSPS) is 14.8. The Morgan fingerprint density at radius 2 is 1.36 bits per heavy atom. The number of likely N-dealkylation sites (N-methyl/N-ethyl adjacent to an activating group) is 1. The number of hydrogen-bond donors (Lipinski definition) is 0. The van der Waals surface area contributed by atoms with E-state index in [1.165, 1.54) is 11.1 Å². The molecule has 170 valence electrons. The van der Waals surface area contributed by atoms with Crippen LogP contribution < -0.4 is 18.9 Å². The number of nitrogens with zero attached hydrogens (tertiary/aromatic N) is 1. The molecule has 4 rings (SSSR count). The van der Waals surface area contributed by atoms with Crippen molar-refractivity contribution in [3.05, 3.63) is 83.9 Å². The lowest BCUT2D eigenvalue weighted by atomic mass is 9.87. The summed E-state index contributed by atoms with van der Waals surface area (Å²) < 4.78 is 23.4. The van der Waals surface area contributed by atoms with Gasteiger partial charge in [0.05, 0.1) is 6.54 Å². The van der Waals surface area contributed by atoms with Crippen LogP contribution in [-0.2, 0) is 12.8 Å². The minimum Gasteiger partial charge on any atom is -0.457 e. The molecule has 0 radical (unpaired) electrons. The predicted molar refractivity (Wildman–Crippen MR) is 129 cm³/mol. The van der Waals surface area contributed by atoms with Crippen molar-refractivity contribution in [3.8, 4) is 35.3 Å². The average Bonchev–Trinajstić information content (AvgIpc) is 2.85. The maximum atomic E-state index is 6.00. The Balaban J connectivity index is 1.47. The molecule has 0 N–H and O–H groups in total. The highest BCUT2D eigenvalue weighted by atomic mass is 16.7. The number of ether oxygens (including phenoxy) is 4. The van der Waals surface area contributed by atoms with Crippen LogP contribution >= 0.6 is 0 Å². The van der Waals surface area contributed by atoms with Crippen LogP contribution in [0.2, 0.25) is 0 Å². The second kappa shape index (κ2) is 11.3. The van der Waals surface area contributed by atoms with Crippen LogP contribution in [0.5, 0.6) is 23.0 Å². The molecule has 3 aromatic carbocycles. The number of rotatable bonds is 10. The molecule has 33 heavy (non-hydrogen) atoms. The molecule has 0 saturated carbocycles. The van der Waals surface area contributed by atoms with Crippen LogP contribution in [0.25, 0.3) is 0 Å². The van der Waals surface area contributed by atoms with Crippen molar-refractivity contribution in [1.82, 2.24) is 4.90 Å². The van der Waals surface area contributed by atoms with E-state index in [1.807, 2.05) is 60.7 Å². The summed E-state index contributed by atoms with van der Waals surface area (Å²) in [5.74, 6) is 5.54. The first-order chi connectivity index (χ1) is 16.2. The molecular weight excluding hydrogens is 414 g/mol. The fraction of sp³-hybridized carbons (Fsp3) is 0.286. The molecular formula is C28H29NO4. The Labute approximate surface area is 195 Å². The van der Waals surface area contributed by atoms with Crippen molar-refractivity contribution < 1.29 is 18.9 Å². The van der Waals surface area contributed by atoms with Crippen molar-refractivity contribution in [3.63, 3.8) is 0 Å². The number of hydrogen-bond acceptors (Lipinski definition) is 5. The standard InChI is InChI=1S/C28H29NO4/c1-3-16-29(2)24-15-14-22-18-27(32-20-30-25-10-6-4-7-11-25)28(19-23(22)17-24)33-21-31-26-12-8-5-9-13-26/h1,4-13,18-19,24H,14-17,20-21H2,2H3. The Hall–Kier alpha value is -3.62. The van der Waals surface area contributed by atoms with Gasteiger partial charge in [0.25, 0.3) is 0 Å². The van der Waals surface area contributed by atoms with Crippen molar-refractivity contribution in [2.24, 2.45) is 0 Å². The van der Waals surface area contributed by atoms with Gasteiger partial charge in [0.15, 0.2) is 11.5 Å². The summed E-state index contributed by atoms with van der Waals surface area (Å²) in [6.45, 7) is 0.817. The minimum atomic E-state index is 0.0825. The quantitative estimate of drug-likeness (QED) is 0.328. The fourth-order valence-corrected chi connectivity index (χ4v) is 3.98. The van der Waals surface area contributed by atoms with Crippen LogP contribution in [0.4, 0.5) is 0 Å². The molecule has 1 unspecified atom stereocenters. The molecule has 1 aliphatic rings. The molecule has 3 aromatic rings. The molecule has 0 spiro atoms. The monoisotopic (exact) mass is 443 g/mol. The summed E-state index contributed by atoms with van der Waals surface area (Å²) in [6.07, 6.45) is 8.45. The molecule has 0 saturated heterocycles. The van der Waals surface area contributed by atoms with Crippen LogP contribution in [-0.4, -0.2) is 38.1 Å². The van der Waals surface area contributed by atoms with Crippen LogP contribution in [0, 0.1) is 12.3 Å². The Morgan fingerprint density at radius 3 is 1.91 bits per heavy atom. The third-order valence-electron chi connectivity index (χ3n) is 5.80. The van der Waals surface area contributed by atoms with E-state index >= 15 is 0 Å². The summed E-state index contributed by atoms with van der Waals surface area (Å²) in [7, 11) is 2.08. The van der Waals surface area contributed by atoms with E-state index < -0.39 is 0 Å². The highest BCUT2D eigenvalue weighted by Crippen LogP contribution is 2.35. The molecule has 0 heterocycles. The van der Waals surface area contributed by atoms with Gasteiger partial charge >= 0.3 is 0 Å². The van der Waals surface area contributed by atoms with Gasteiger partial charge < -0.3 is 18.9 Å². The lowest BCUT2D eigenvalue weighted by Crippen LogP contribution is -2.36. The maximum absolute atomic E-state index is 6.00. The van der Waals surface area contributed by atoms with Crippen molar-refractivity contribution in [2.75, 3.05) is 27.2 Å². The highest BCUT2D eigenvalue weighted by molar-refractivity contribution is 5.48. The molecule has 0 fully saturated rings. The van der Waals surface area contributed by atoms with Gasteiger partial charge in [0, 0.05) is 6.04 Å². The summed E-state index contributed by atoms with van der Waals surface area (Å²) in [5, 5.41) is 0. The SMILES string of the molecule is C#CCN(C)C1CCc2cc(OCOc3ccccc3)c(OCOc3ccccc3)cc2C1. The zero-order valence-electron chi connectivity index (χ0n) is 18.9. The lowest BCUT2D eigenvalue weighted by Gasteiger charge is -2.32. The van der Waals surface area contributed by atoms with Gasteiger partial charge in [-0.2, -0.15) is 0 Å². The number of terminal acetylenes is 1. The highest BCUT2D eigenvalue weighted by Gasteiger charge is 2.24. The van der Waals surface area contributed by atoms with Gasteiger partial charge in [-0.15, -0.1) is 6.42 Å². The molecule has 5 nitrogen and oxygen atoms in total. The van der Waals surface area contributed by atoms with Crippen LogP contribution in [0.15, 0.2) is 72.8 Å². The molecule has 0 amide bonds. The van der Waals surface area contributed by atoms with Crippen LogP contribution in [0.3, 0.4) is 0 Å². The number of fused-ring (bicyclic) bond motifs is 1. The number of benzene rings is 3.